The Morgan fingerprint density at radius 2 is 2.09 bits per heavy atom. The third kappa shape index (κ3) is 3.45. The van der Waals surface area contributed by atoms with Crippen LogP contribution in [0.1, 0.15) is 12.5 Å². The van der Waals surface area contributed by atoms with E-state index in [2.05, 4.69) is 25.6 Å². The van der Waals surface area contributed by atoms with Crippen LogP contribution in [0, 0.1) is 5.82 Å². The lowest BCUT2D eigenvalue weighted by atomic mass is 10.1. The first-order valence-electron chi connectivity index (χ1n) is 7.28. The van der Waals surface area contributed by atoms with E-state index in [9.17, 15) is 9.18 Å². The first-order chi connectivity index (χ1) is 11.2. The number of benzene rings is 1. The number of aromatic nitrogens is 3. The van der Waals surface area contributed by atoms with Crippen molar-refractivity contribution in [3.8, 4) is 0 Å². The van der Waals surface area contributed by atoms with Gasteiger partial charge in [-0.3, -0.25) is 4.79 Å². The molecule has 0 spiro atoms. The normalized spacial score (nSPS) is 10.7. The van der Waals surface area contributed by atoms with Gasteiger partial charge >= 0.3 is 0 Å². The lowest BCUT2D eigenvalue weighted by Gasteiger charge is -2.07. The second-order valence-corrected chi connectivity index (χ2v) is 5.00. The number of halogens is 1. The van der Waals surface area contributed by atoms with Crippen molar-refractivity contribution in [1.29, 1.82) is 0 Å². The fraction of sp³-hybridized carbons (Fsp3) is 0.188. The maximum Gasteiger partial charge on any atom is 0.253 e. The standard InChI is InChI=1S/C16H16FN5O/c1-2-18-14-5-6-19-16(22-14)20-9-11-7-10-3-4-12(17)8-13(10)21-15(11)23/h3-8H,2,9H2,1H3,(H,21,23)(H2,18,19,20,22). The molecule has 118 valence electrons. The summed E-state index contributed by atoms with van der Waals surface area (Å²) in [6.45, 7) is 3.02. The van der Waals surface area contributed by atoms with Crippen molar-refractivity contribution in [1.82, 2.24) is 15.0 Å². The van der Waals surface area contributed by atoms with Crippen LogP contribution in [-0.4, -0.2) is 21.5 Å². The zero-order valence-electron chi connectivity index (χ0n) is 12.6. The van der Waals surface area contributed by atoms with Gasteiger partial charge in [0.15, 0.2) is 0 Å². The number of hydrogen-bond acceptors (Lipinski definition) is 5. The molecule has 0 saturated carbocycles. The summed E-state index contributed by atoms with van der Waals surface area (Å²) in [4.78, 5) is 23.1. The highest BCUT2D eigenvalue weighted by atomic mass is 19.1. The molecule has 3 N–H and O–H groups in total. The van der Waals surface area contributed by atoms with E-state index >= 15 is 0 Å². The molecule has 0 aliphatic heterocycles. The van der Waals surface area contributed by atoms with E-state index in [1.54, 1.807) is 24.4 Å². The van der Waals surface area contributed by atoms with Gasteiger partial charge in [-0.05, 0) is 42.6 Å². The Kier molecular flexibility index (Phi) is 4.18. The molecule has 3 aromatic rings. The largest absolute Gasteiger partial charge is 0.370 e. The Morgan fingerprint density at radius 1 is 1.22 bits per heavy atom. The van der Waals surface area contributed by atoms with Crippen LogP contribution < -0.4 is 16.2 Å². The first kappa shape index (κ1) is 15.0. The van der Waals surface area contributed by atoms with Gasteiger partial charge in [-0.25, -0.2) is 9.37 Å². The molecule has 0 amide bonds. The molecule has 1 aromatic carbocycles. The summed E-state index contributed by atoms with van der Waals surface area (Å²) >= 11 is 0. The lowest BCUT2D eigenvalue weighted by Crippen LogP contribution is -2.16. The summed E-state index contributed by atoms with van der Waals surface area (Å²) in [6.07, 6.45) is 1.64. The quantitative estimate of drug-likeness (QED) is 0.674. The maximum absolute atomic E-state index is 13.2. The van der Waals surface area contributed by atoms with Gasteiger partial charge < -0.3 is 15.6 Å². The minimum Gasteiger partial charge on any atom is -0.370 e. The SMILES string of the molecule is CCNc1ccnc(NCc2cc3ccc(F)cc3[nH]c2=O)n1. The van der Waals surface area contributed by atoms with E-state index in [0.717, 1.165) is 11.9 Å². The second kappa shape index (κ2) is 6.43. The van der Waals surface area contributed by atoms with Crippen LogP contribution >= 0.6 is 0 Å². The highest BCUT2D eigenvalue weighted by molar-refractivity contribution is 5.78. The van der Waals surface area contributed by atoms with Crippen molar-refractivity contribution < 1.29 is 4.39 Å². The van der Waals surface area contributed by atoms with Crippen LogP contribution in [0.15, 0.2) is 41.3 Å². The molecular formula is C16H16FN5O. The van der Waals surface area contributed by atoms with Gasteiger partial charge in [-0.2, -0.15) is 4.98 Å². The molecular weight excluding hydrogens is 297 g/mol. The van der Waals surface area contributed by atoms with Gasteiger partial charge in [-0.15, -0.1) is 0 Å². The van der Waals surface area contributed by atoms with Gasteiger partial charge in [-0.1, -0.05) is 0 Å². The fourth-order valence-corrected chi connectivity index (χ4v) is 2.25. The average Bonchev–Trinajstić information content (AvgIpc) is 2.53. The minimum absolute atomic E-state index is 0.265. The molecule has 0 unspecified atom stereocenters. The third-order valence-corrected chi connectivity index (χ3v) is 3.34. The van der Waals surface area contributed by atoms with Crippen molar-refractivity contribution in [2.75, 3.05) is 17.2 Å². The van der Waals surface area contributed by atoms with Gasteiger partial charge in [0.05, 0.1) is 5.52 Å². The van der Waals surface area contributed by atoms with Crippen LogP contribution in [-0.2, 0) is 6.54 Å². The number of anilines is 2. The molecule has 0 bridgehead atoms. The summed E-state index contributed by atoms with van der Waals surface area (Å²) in [7, 11) is 0. The zero-order chi connectivity index (χ0) is 16.2. The summed E-state index contributed by atoms with van der Waals surface area (Å²) in [6, 6.07) is 7.80. The Labute approximate surface area is 131 Å². The summed E-state index contributed by atoms with van der Waals surface area (Å²) in [5.74, 6) is 0.766. The van der Waals surface area contributed by atoms with E-state index in [1.165, 1.54) is 12.1 Å². The van der Waals surface area contributed by atoms with Crippen molar-refractivity contribution in [2.45, 2.75) is 13.5 Å². The van der Waals surface area contributed by atoms with Gasteiger partial charge in [0.2, 0.25) is 5.95 Å². The minimum atomic E-state index is -0.382. The van der Waals surface area contributed by atoms with Crippen molar-refractivity contribution in [3.63, 3.8) is 0 Å². The smallest absolute Gasteiger partial charge is 0.253 e. The number of H-pyrrole nitrogens is 1. The summed E-state index contributed by atoms with van der Waals surface area (Å²) in [5, 5.41) is 6.88. The van der Waals surface area contributed by atoms with Crippen LogP contribution in [0.25, 0.3) is 10.9 Å². The summed E-state index contributed by atoms with van der Waals surface area (Å²) in [5.41, 5.74) is 0.740. The average molecular weight is 313 g/mol. The molecule has 0 aliphatic rings. The molecule has 7 heteroatoms. The van der Waals surface area contributed by atoms with Crippen LogP contribution in [0.4, 0.5) is 16.2 Å². The van der Waals surface area contributed by atoms with E-state index in [4.69, 9.17) is 0 Å². The van der Waals surface area contributed by atoms with Gasteiger partial charge in [0, 0.05) is 24.8 Å². The Hall–Kier alpha value is -2.96. The second-order valence-electron chi connectivity index (χ2n) is 5.00. The van der Waals surface area contributed by atoms with Crippen molar-refractivity contribution >= 4 is 22.7 Å². The zero-order valence-corrected chi connectivity index (χ0v) is 12.6. The number of nitrogens with one attached hydrogen (secondary N) is 3. The third-order valence-electron chi connectivity index (χ3n) is 3.34. The number of rotatable bonds is 5. The van der Waals surface area contributed by atoms with E-state index in [1.807, 2.05) is 6.92 Å². The Bertz CT molecular complexity index is 893. The molecule has 0 atom stereocenters. The molecule has 3 rings (SSSR count). The number of hydrogen-bond donors (Lipinski definition) is 3. The predicted octanol–water partition coefficient (Wildman–Crippen LogP) is 2.50. The Morgan fingerprint density at radius 3 is 2.91 bits per heavy atom. The number of aromatic amines is 1. The number of fused-ring (bicyclic) bond motifs is 1. The maximum atomic E-state index is 13.2. The van der Waals surface area contributed by atoms with E-state index < -0.39 is 0 Å². The Balaban J connectivity index is 1.81. The molecule has 2 heterocycles. The van der Waals surface area contributed by atoms with Crippen molar-refractivity contribution in [2.24, 2.45) is 0 Å². The topological polar surface area (TPSA) is 82.7 Å². The molecule has 2 aromatic heterocycles. The molecule has 0 radical (unpaired) electrons. The first-order valence-corrected chi connectivity index (χ1v) is 7.28. The lowest BCUT2D eigenvalue weighted by molar-refractivity contribution is 0.629. The molecule has 23 heavy (non-hydrogen) atoms. The highest BCUT2D eigenvalue weighted by Crippen LogP contribution is 2.13. The van der Waals surface area contributed by atoms with Gasteiger partial charge in [0.1, 0.15) is 11.6 Å². The highest BCUT2D eigenvalue weighted by Gasteiger charge is 2.05. The molecule has 0 aliphatic carbocycles. The fourth-order valence-electron chi connectivity index (χ4n) is 2.25. The van der Waals surface area contributed by atoms with Crippen molar-refractivity contribution in [3.05, 3.63) is 58.3 Å². The molecule has 0 fully saturated rings. The monoisotopic (exact) mass is 313 g/mol. The molecule has 0 saturated heterocycles. The van der Waals surface area contributed by atoms with E-state index in [-0.39, 0.29) is 17.9 Å². The predicted molar refractivity (Wildman–Crippen MR) is 88.0 cm³/mol. The van der Waals surface area contributed by atoms with Gasteiger partial charge in [0.25, 0.3) is 5.56 Å². The number of nitrogens with zero attached hydrogens (tertiary/aromatic N) is 2. The van der Waals surface area contributed by atoms with E-state index in [0.29, 0.717) is 22.8 Å². The van der Waals surface area contributed by atoms with Crippen LogP contribution in [0.3, 0.4) is 0 Å². The van der Waals surface area contributed by atoms with Crippen LogP contribution in [0.5, 0.6) is 0 Å². The summed E-state index contributed by atoms with van der Waals surface area (Å²) < 4.78 is 13.2. The number of pyridine rings is 1. The molecule has 6 nitrogen and oxygen atoms in total. The van der Waals surface area contributed by atoms with Crippen LogP contribution in [0.2, 0.25) is 0 Å².